The number of rotatable bonds is 7. The Hall–Kier alpha value is -3.00. The first-order chi connectivity index (χ1) is 12.0. The van der Waals surface area contributed by atoms with Gasteiger partial charge >= 0.3 is 0 Å². The van der Waals surface area contributed by atoms with E-state index in [1.165, 1.54) is 34.3 Å². The van der Waals surface area contributed by atoms with E-state index >= 15 is 0 Å². The van der Waals surface area contributed by atoms with E-state index in [0.717, 1.165) is 0 Å². The van der Waals surface area contributed by atoms with E-state index < -0.39 is 5.78 Å². The second-order valence-electron chi connectivity index (χ2n) is 5.06. The summed E-state index contributed by atoms with van der Waals surface area (Å²) in [5, 5.41) is 2.68. The summed E-state index contributed by atoms with van der Waals surface area (Å²) in [7, 11) is 4.39. The molecule has 0 aliphatic heterocycles. The third-order valence-electron chi connectivity index (χ3n) is 3.30. The summed E-state index contributed by atoms with van der Waals surface area (Å²) >= 11 is 0. The number of hydrogen-bond acceptors (Lipinski definition) is 7. The van der Waals surface area contributed by atoms with Gasteiger partial charge in [-0.1, -0.05) is 12.1 Å². The standard InChI is InChI=1S/C17H19N3O5/c1-10(21)18-15-11(9-23-2)6-5-7-12(15)16(22)17-19-13(24-3)8-14(20-17)25-4/h5-8H,9H2,1-4H3,(H,18,21). The van der Waals surface area contributed by atoms with Gasteiger partial charge in [-0.15, -0.1) is 0 Å². The molecule has 1 amide bonds. The Morgan fingerprint density at radius 1 is 1.08 bits per heavy atom. The van der Waals surface area contributed by atoms with Crippen molar-refractivity contribution >= 4 is 17.4 Å². The number of benzene rings is 1. The summed E-state index contributed by atoms with van der Waals surface area (Å²) in [6, 6.07) is 6.51. The molecule has 0 spiro atoms. The molecule has 1 N–H and O–H groups in total. The molecule has 0 saturated carbocycles. The van der Waals surface area contributed by atoms with Crippen molar-refractivity contribution in [1.29, 1.82) is 0 Å². The average Bonchev–Trinajstić information content (AvgIpc) is 2.61. The van der Waals surface area contributed by atoms with Crippen molar-refractivity contribution in [3.63, 3.8) is 0 Å². The smallest absolute Gasteiger partial charge is 0.232 e. The molecule has 1 heterocycles. The first-order valence-electron chi connectivity index (χ1n) is 7.40. The number of aromatic nitrogens is 2. The predicted octanol–water partition coefficient (Wildman–Crippen LogP) is 1.83. The van der Waals surface area contributed by atoms with Crippen LogP contribution in [0.15, 0.2) is 24.3 Å². The lowest BCUT2D eigenvalue weighted by Gasteiger charge is -2.14. The highest BCUT2D eigenvalue weighted by Crippen LogP contribution is 2.25. The van der Waals surface area contributed by atoms with Crippen LogP contribution >= 0.6 is 0 Å². The molecule has 0 aliphatic rings. The predicted molar refractivity (Wildman–Crippen MR) is 90.0 cm³/mol. The Bertz CT molecular complexity index is 770. The maximum Gasteiger partial charge on any atom is 0.232 e. The molecule has 0 fully saturated rings. The van der Waals surface area contributed by atoms with Gasteiger partial charge in [0, 0.05) is 25.2 Å². The van der Waals surface area contributed by atoms with Crippen LogP contribution in [0.3, 0.4) is 0 Å². The van der Waals surface area contributed by atoms with Gasteiger partial charge in [-0.2, -0.15) is 9.97 Å². The van der Waals surface area contributed by atoms with Crippen molar-refractivity contribution in [2.24, 2.45) is 0 Å². The molecule has 8 nitrogen and oxygen atoms in total. The molecular formula is C17H19N3O5. The Labute approximate surface area is 145 Å². The van der Waals surface area contributed by atoms with Crippen LogP contribution in [0.25, 0.3) is 0 Å². The Morgan fingerprint density at radius 3 is 2.24 bits per heavy atom. The largest absolute Gasteiger partial charge is 0.481 e. The molecule has 0 unspecified atom stereocenters. The number of amides is 1. The zero-order valence-corrected chi connectivity index (χ0v) is 14.5. The minimum Gasteiger partial charge on any atom is -0.481 e. The Morgan fingerprint density at radius 2 is 1.72 bits per heavy atom. The lowest BCUT2D eigenvalue weighted by Crippen LogP contribution is -2.16. The summed E-state index contributed by atoms with van der Waals surface area (Å²) in [6.07, 6.45) is 0. The molecule has 0 bridgehead atoms. The quantitative estimate of drug-likeness (QED) is 0.764. The van der Waals surface area contributed by atoms with Crippen LogP contribution in [0.5, 0.6) is 11.8 Å². The van der Waals surface area contributed by atoms with Crippen molar-refractivity contribution in [3.8, 4) is 11.8 Å². The highest BCUT2D eigenvalue weighted by atomic mass is 16.5. The van der Waals surface area contributed by atoms with E-state index in [2.05, 4.69) is 15.3 Å². The van der Waals surface area contributed by atoms with Crippen molar-refractivity contribution in [2.75, 3.05) is 26.6 Å². The highest BCUT2D eigenvalue weighted by Gasteiger charge is 2.21. The van der Waals surface area contributed by atoms with Crippen LogP contribution in [0.1, 0.15) is 28.7 Å². The lowest BCUT2D eigenvalue weighted by atomic mass is 10.0. The SMILES string of the molecule is COCc1cccc(C(=O)c2nc(OC)cc(OC)n2)c1NC(C)=O. The molecule has 25 heavy (non-hydrogen) atoms. The molecule has 2 aromatic rings. The van der Waals surface area contributed by atoms with Crippen LogP contribution in [0.2, 0.25) is 0 Å². The maximum atomic E-state index is 12.9. The molecular weight excluding hydrogens is 326 g/mol. The van der Waals surface area contributed by atoms with Crippen LogP contribution in [-0.2, 0) is 16.1 Å². The molecule has 1 aromatic heterocycles. The first kappa shape index (κ1) is 18.3. The van der Waals surface area contributed by atoms with Crippen molar-refractivity contribution < 1.29 is 23.8 Å². The van der Waals surface area contributed by atoms with Gasteiger partial charge in [-0.25, -0.2) is 0 Å². The number of methoxy groups -OCH3 is 3. The third-order valence-corrected chi connectivity index (χ3v) is 3.30. The molecule has 0 saturated heterocycles. The van der Waals surface area contributed by atoms with Crippen LogP contribution in [-0.4, -0.2) is 43.0 Å². The van der Waals surface area contributed by atoms with Gasteiger partial charge in [0.2, 0.25) is 29.3 Å². The molecule has 0 aliphatic carbocycles. The van der Waals surface area contributed by atoms with E-state index in [0.29, 0.717) is 11.3 Å². The van der Waals surface area contributed by atoms with Gasteiger partial charge in [0.15, 0.2) is 0 Å². The number of nitrogens with zero attached hydrogens (tertiary/aromatic N) is 2. The molecule has 0 radical (unpaired) electrons. The normalized spacial score (nSPS) is 10.2. The number of anilines is 1. The second kappa shape index (κ2) is 8.20. The fraction of sp³-hybridized carbons (Fsp3) is 0.294. The number of hydrogen-bond donors (Lipinski definition) is 1. The minimum atomic E-state index is -0.473. The fourth-order valence-electron chi connectivity index (χ4n) is 2.22. The van der Waals surface area contributed by atoms with E-state index in [1.54, 1.807) is 18.2 Å². The van der Waals surface area contributed by atoms with E-state index in [4.69, 9.17) is 14.2 Å². The van der Waals surface area contributed by atoms with Gasteiger partial charge < -0.3 is 19.5 Å². The van der Waals surface area contributed by atoms with E-state index in [9.17, 15) is 9.59 Å². The summed E-state index contributed by atoms with van der Waals surface area (Å²) < 4.78 is 15.3. The fourth-order valence-corrected chi connectivity index (χ4v) is 2.22. The number of nitrogens with one attached hydrogen (secondary N) is 1. The number of ketones is 1. The summed E-state index contributed by atoms with van der Waals surface area (Å²) in [5.41, 5.74) is 1.28. The van der Waals surface area contributed by atoms with Crippen LogP contribution in [0.4, 0.5) is 5.69 Å². The summed E-state index contributed by atoms with van der Waals surface area (Å²) in [4.78, 5) is 32.6. The van der Waals surface area contributed by atoms with Gasteiger partial charge in [-0.05, 0) is 6.07 Å². The van der Waals surface area contributed by atoms with E-state index in [1.807, 2.05) is 0 Å². The zero-order valence-electron chi connectivity index (χ0n) is 14.5. The lowest BCUT2D eigenvalue weighted by molar-refractivity contribution is -0.114. The zero-order chi connectivity index (χ0) is 18.4. The first-order valence-corrected chi connectivity index (χ1v) is 7.40. The summed E-state index contributed by atoms with van der Waals surface area (Å²) in [6.45, 7) is 1.60. The molecule has 0 atom stereocenters. The maximum absolute atomic E-state index is 12.9. The van der Waals surface area contributed by atoms with Gasteiger partial charge in [0.1, 0.15) is 0 Å². The average molecular weight is 345 g/mol. The van der Waals surface area contributed by atoms with Crippen molar-refractivity contribution in [1.82, 2.24) is 9.97 Å². The van der Waals surface area contributed by atoms with Crippen LogP contribution < -0.4 is 14.8 Å². The number of carbonyl (C=O) groups is 2. The minimum absolute atomic E-state index is 0.0997. The molecule has 1 aromatic carbocycles. The molecule has 2 rings (SSSR count). The molecule has 132 valence electrons. The monoisotopic (exact) mass is 345 g/mol. The molecule has 8 heteroatoms. The second-order valence-corrected chi connectivity index (χ2v) is 5.06. The highest BCUT2D eigenvalue weighted by molar-refractivity contribution is 6.12. The van der Waals surface area contributed by atoms with Crippen molar-refractivity contribution in [3.05, 3.63) is 41.2 Å². The van der Waals surface area contributed by atoms with Crippen LogP contribution in [0, 0.1) is 0 Å². The Kier molecular flexibility index (Phi) is 6.02. The van der Waals surface area contributed by atoms with E-state index in [-0.39, 0.29) is 35.7 Å². The summed E-state index contributed by atoms with van der Waals surface area (Å²) in [5.74, 6) is -0.480. The van der Waals surface area contributed by atoms with Gasteiger partial charge in [0.05, 0.1) is 32.6 Å². The number of para-hydroxylation sites is 1. The topological polar surface area (TPSA) is 99.6 Å². The number of carbonyl (C=O) groups excluding carboxylic acids is 2. The Balaban J connectivity index is 2.55. The van der Waals surface area contributed by atoms with Gasteiger partial charge in [0.25, 0.3) is 0 Å². The third kappa shape index (κ3) is 4.30. The van der Waals surface area contributed by atoms with Gasteiger partial charge in [-0.3, -0.25) is 9.59 Å². The van der Waals surface area contributed by atoms with Crippen molar-refractivity contribution in [2.45, 2.75) is 13.5 Å². The number of ether oxygens (including phenoxy) is 3.